The summed E-state index contributed by atoms with van der Waals surface area (Å²) in [5, 5.41) is 3.21. The molecule has 4 nitrogen and oxygen atoms in total. The van der Waals surface area contributed by atoms with Gasteiger partial charge >= 0.3 is 0 Å². The van der Waals surface area contributed by atoms with E-state index < -0.39 is 5.41 Å². The molecule has 2 aromatic carbocycles. The number of benzene rings is 2. The van der Waals surface area contributed by atoms with Crippen LogP contribution in [0.25, 0.3) is 0 Å². The second-order valence-electron chi connectivity index (χ2n) is 10.1. The number of hydrogen-bond acceptors (Lipinski definition) is 3. The van der Waals surface area contributed by atoms with E-state index in [1.807, 2.05) is 24.3 Å². The predicted octanol–water partition coefficient (Wildman–Crippen LogP) is 6.48. The highest BCUT2D eigenvalue weighted by Gasteiger charge is 2.41. The van der Waals surface area contributed by atoms with Crippen molar-refractivity contribution in [2.75, 3.05) is 25.0 Å². The quantitative estimate of drug-likeness (QED) is 0.470. The van der Waals surface area contributed by atoms with E-state index in [0.29, 0.717) is 6.04 Å². The number of carbonyl (C=O) groups excluding carboxylic acids is 1. The van der Waals surface area contributed by atoms with Crippen molar-refractivity contribution in [2.24, 2.45) is 0 Å². The van der Waals surface area contributed by atoms with Crippen LogP contribution in [0.2, 0.25) is 0 Å². The van der Waals surface area contributed by atoms with Crippen LogP contribution < -0.4 is 10.1 Å². The van der Waals surface area contributed by atoms with Crippen LogP contribution in [0.1, 0.15) is 75.8 Å². The molecular weight excluding hydrogens is 408 g/mol. The van der Waals surface area contributed by atoms with Gasteiger partial charge in [0.15, 0.2) is 0 Å². The summed E-state index contributed by atoms with van der Waals surface area (Å²) < 4.78 is 5.97. The molecular formula is C29H40N2O2. The fraction of sp³-hybridized carbons (Fsp3) is 0.552. The zero-order chi connectivity index (χ0) is 23.1. The van der Waals surface area contributed by atoms with Crippen LogP contribution in [-0.2, 0) is 10.2 Å². The minimum absolute atomic E-state index is 0.121. The van der Waals surface area contributed by atoms with Crippen LogP contribution in [0.5, 0.6) is 5.75 Å². The van der Waals surface area contributed by atoms with E-state index in [1.165, 1.54) is 37.8 Å². The summed E-state index contributed by atoms with van der Waals surface area (Å²) >= 11 is 0. The number of ether oxygens (including phenoxy) is 1. The second-order valence-corrected chi connectivity index (χ2v) is 10.1. The molecule has 1 heterocycles. The number of nitrogens with one attached hydrogen (secondary N) is 1. The van der Waals surface area contributed by atoms with Crippen molar-refractivity contribution in [1.29, 1.82) is 0 Å². The molecule has 1 aliphatic carbocycles. The summed E-state index contributed by atoms with van der Waals surface area (Å²) in [7, 11) is 0. The molecule has 1 N–H and O–H groups in total. The molecule has 1 amide bonds. The van der Waals surface area contributed by atoms with Crippen molar-refractivity contribution in [3.8, 4) is 5.75 Å². The number of hydrogen-bond donors (Lipinski definition) is 1. The summed E-state index contributed by atoms with van der Waals surface area (Å²) in [4.78, 5) is 16.1. The molecule has 0 aromatic heterocycles. The first-order chi connectivity index (χ1) is 16.1. The van der Waals surface area contributed by atoms with Crippen LogP contribution >= 0.6 is 0 Å². The number of nitrogens with zero attached hydrogens (tertiary/aromatic N) is 1. The van der Waals surface area contributed by atoms with E-state index >= 15 is 0 Å². The van der Waals surface area contributed by atoms with E-state index in [4.69, 9.17) is 4.74 Å². The Bertz CT molecular complexity index is 885. The van der Waals surface area contributed by atoms with Crippen LogP contribution in [-0.4, -0.2) is 36.5 Å². The predicted molar refractivity (Wildman–Crippen MR) is 136 cm³/mol. The molecule has 4 heteroatoms. The summed E-state index contributed by atoms with van der Waals surface area (Å²) in [6, 6.07) is 17.1. The van der Waals surface area contributed by atoms with E-state index in [-0.39, 0.29) is 5.91 Å². The third-order valence-electron chi connectivity index (χ3n) is 7.66. The minimum atomic E-state index is -0.424. The summed E-state index contributed by atoms with van der Waals surface area (Å²) in [6.07, 6.45) is 10.3. The van der Waals surface area contributed by atoms with Gasteiger partial charge in [-0.3, -0.25) is 4.79 Å². The second kappa shape index (κ2) is 11.2. The fourth-order valence-electron chi connectivity index (χ4n) is 5.51. The summed E-state index contributed by atoms with van der Waals surface area (Å²) in [5.41, 5.74) is 2.79. The fourth-order valence-corrected chi connectivity index (χ4v) is 5.51. The molecule has 33 heavy (non-hydrogen) atoms. The Balaban J connectivity index is 1.31. The summed E-state index contributed by atoms with van der Waals surface area (Å²) in [6.45, 7) is 7.49. The van der Waals surface area contributed by atoms with Crippen LogP contribution in [0.4, 0.5) is 5.69 Å². The van der Waals surface area contributed by atoms with Crippen molar-refractivity contribution < 1.29 is 9.53 Å². The number of amides is 1. The van der Waals surface area contributed by atoms with Crippen molar-refractivity contribution in [3.63, 3.8) is 0 Å². The first-order valence-electron chi connectivity index (χ1n) is 12.9. The maximum Gasteiger partial charge on any atom is 0.235 e. The molecule has 4 rings (SSSR count). The van der Waals surface area contributed by atoms with Crippen LogP contribution in [0.3, 0.4) is 0 Å². The summed E-state index contributed by atoms with van der Waals surface area (Å²) in [5.74, 6) is 0.987. The van der Waals surface area contributed by atoms with Gasteiger partial charge in [0.05, 0.1) is 12.0 Å². The normalized spacial score (nSPS) is 20.8. The average Bonchev–Trinajstić information content (AvgIpc) is 2.84. The van der Waals surface area contributed by atoms with Gasteiger partial charge in [0, 0.05) is 18.3 Å². The maximum atomic E-state index is 13.5. The molecule has 178 valence electrons. The molecule has 0 bridgehead atoms. The molecule has 2 aliphatic rings. The highest BCUT2D eigenvalue weighted by Crippen LogP contribution is 2.40. The number of aryl methyl sites for hydroxylation is 1. The minimum Gasteiger partial charge on any atom is -0.494 e. The first kappa shape index (κ1) is 23.8. The lowest BCUT2D eigenvalue weighted by atomic mass is 9.68. The van der Waals surface area contributed by atoms with Gasteiger partial charge in [-0.15, -0.1) is 0 Å². The monoisotopic (exact) mass is 448 g/mol. The SMILES string of the molecule is Cc1ccc(C2(C(=O)Nc3ccc(OCCCN4CCCC[C@H]4C)cc3)CCCCC2)cc1. The molecule has 1 atom stereocenters. The van der Waals surface area contributed by atoms with E-state index in [0.717, 1.165) is 62.3 Å². The third kappa shape index (κ3) is 5.97. The van der Waals surface area contributed by atoms with Gasteiger partial charge in [-0.05, 0) is 82.3 Å². The lowest BCUT2D eigenvalue weighted by Gasteiger charge is -2.36. The Morgan fingerprint density at radius 2 is 1.73 bits per heavy atom. The highest BCUT2D eigenvalue weighted by molar-refractivity contribution is 5.99. The molecule has 2 fully saturated rings. The molecule has 1 saturated carbocycles. The largest absolute Gasteiger partial charge is 0.494 e. The van der Waals surface area contributed by atoms with E-state index in [9.17, 15) is 4.79 Å². The molecule has 0 unspecified atom stereocenters. The Kier molecular flexibility index (Phi) is 8.08. The molecule has 0 radical (unpaired) electrons. The van der Waals surface area contributed by atoms with E-state index in [1.54, 1.807) is 0 Å². The van der Waals surface area contributed by atoms with Gasteiger partial charge in [0.2, 0.25) is 5.91 Å². The third-order valence-corrected chi connectivity index (χ3v) is 7.66. The van der Waals surface area contributed by atoms with Crippen LogP contribution in [0, 0.1) is 6.92 Å². The van der Waals surface area contributed by atoms with Crippen molar-refractivity contribution in [2.45, 2.75) is 83.1 Å². The van der Waals surface area contributed by atoms with Gasteiger partial charge in [-0.2, -0.15) is 0 Å². The van der Waals surface area contributed by atoms with E-state index in [2.05, 4.69) is 48.3 Å². The van der Waals surface area contributed by atoms with Crippen molar-refractivity contribution in [3.05, 3.63) is 59.7 Å². The standard InChI is InChI=1S/C29H40N2O2/c1-23-10-12-25(13-11-23)29(18-5-3-6-19-29)28(32)30-26-14-16-27(17-15-26)33-22-8-21-31-20-7-4-9-24(31)2/h10-17,24H,3-9,18-22H2,1-2H3,(H,30,32)/t24-/m1/s1. The van der Waals surface area contributed by atoms with Gasteiger partial charge in [-0.1, -0.05) is 55.5 Å². The average molecular weight is 449 g/mol. The maximum absolute atomic E-state index is 13.5. The Labute approximate surface area is 199 Å². The lowest BCUT2D eigenvalue weighted by Crippen LogP contribution is -2.42. The number of likely N-dealkylation sites (tertiary alicyclic amines) is 1. The molecule has 1 saturated heterocycles. The van der Waals surface area contributed by atoms with Gasteiger partial charge < -0.3 is 15.0 Å². The number of piperidine rings is 1. The highest BCUT2D eigenvalue weighted by atomic mass is 16.5. The number of rotatable bonds is 8. The molecule has 0 spiro atoms. The smallest absolute Gasteiger partial charge is 0.235 e. The first-order valence-corrected chi connectivity index (χ1v) is 12.9. The van der Waals surface area contributed by atoms with Crippen molar-refractivity contribution in [1.82, 2.24) is 4.90 Å². The Hall–Kier alpha value is -2.33. The van der Waals surface area contributed by atoms with Gasteiger partial charge in [0.1, 0.15) is 5.75 Å². The zero-order valence-corrected chi connectivity index (χ0v) is 20.4. The Morgan fingerprint density at radius 1 is 1.00 bits per heavy atom. The molecule has 2 aromatic rings. The Morgan fingerprint density at radius 3 is 2.42 bits per heavy atom. The van der Waals surface area contributed by atoms with Gasteiger partial charge in [-0.25, -0.2) is 0 Å². The lowest BCUT2D eigenvalue weighted by molar-refractivity contribution is -0.122. The number of carbonyl (C=O) groups is 1. The zero-order valence-electron chi connectivity index (χ0n) is 20.4. The van der Waals surface area contributed by atoms with Crippen LogP contribution in [0.15, 0.2) is 48.5 Å². The molecule has 1 aliphatic heterocycles. The topological polar surface area (TPSA) is 41.6 Å². The van der Waals surface area contributed by atoms with Gasteiger partial charge in [0.25, 0.3) is 0 Å². The van der Waals surface area contributed by atoms with Crippen molar-refractivity contribution >= 4 is 11.6 Å². The number of anilines is 1.